The average molecular weight is 403 g/mol. The predicted molar refractivity (Wildman–Crippen MR) is 110 cm³/mol. The number of hydrogen-bond acceptors (Lipinski definition) is 5. The Bertz CT molecular complexity index is 402. The maximum Gasteiger partial charge on any atom is 0.501 e. The van der Waals surface area contributed by atoms with Gasteiger partial charge in [0.2, 0.25) is 0 Å². The van der Waals surface area contributed by atoms with Gasteiger partial charge in [-0.2, -0.15) is 0 Å². The summed E-state index contributed by atoms with van der Waals surface area (Å²) in [7, 11) is -2.50. The third kappa shape index (κ3) is 9.86. The van der Waals surface area contributed by atoms with Crippen molar-refractivity contribution in [2.24, 2.45) is 0 Å². The van der Waals surface area contributed by atoms with E-state index in [2.05, 4.69) is 20.8 Å². The zero-order valence-corrected chi connectivity index (χ0v) is 19.1. The van der Waals surface area contributed by atoms with E-state index in [4.69, 9.17) is 22.8 Å². The minimum atomic E-state index is -2.50. The quantitative estimate of drug-likeness (QED) is 0.217. The van der Waals surface area contributed by atoms with Gasteiger partial charge in [-0.3, -0.25) is 0 Å². The van der Waals surface area contributed by atoms with Gasteiger partial charge in [0.1, 0.15) is 6.10 Å². The minimum absolute atomic E-state index is 0.131. The van der Waals surface area contributed by atoms with Crippen molar-refractivity contribution in [1.29, 1.82) is 0 Å². The monoisotopic (exact) mass is 402 g/mol. The summed E-state index contributed by atoms with van der Waals surface area (Å²) in [6.07, 6.45) is 11.7. The molecule has 27 heavy (non-hydrogen) atoms. The van der Waals surface area contributed by atoms with E-state index in [0.717, 1.165) is 38.7 Å². The fourth-order valence-electron chi connectivity index (χ4n) is 3.98. The van der Waals surface area contributed by atoms with Crippen LogP contribution in [0.5, 0.6) is 0 Å². The van der Waals surface area contributed by atoms with Crippen LogP contribution >= 0.6 is 0 Å². The summed E-state index contributed by atoms with van der Waals surface area (Å²) < 4.78 is 29.4. The molecule has 0 aromatic rings. The standard InChI is InChI=1S/C21H42O5Si/c1-5-24-27(25-19(2)16-21(3,4)26-27)15-13-11-9-7-6-8-10-12-14-22-17-20-18-23-20/h19-20H,5-18H2,1-4H3. The molecule has 2 heterocycles. The molecule has 0 bridgehead atoms. The van der Waals surface area contributed by atoms with Crippen molar-refractivity contribution in [3.8, 4) is 0 Å². The molecule has 2 fully saturated rings. The van der Waals surface area contributed by atoms with Crippen LogP contribution in [-0.4, -0.2) is 53.0 Å². The first-order valence-corrected chi connectivity index (χ1v) is 13.1. The number of rotatable bonds is 15. The summed E-state index contributed by atoms with van der Waals surface area (Å²) >= 11 is 0. The van der Waals surface area contributed by atoms with Crippen molar-refractivity contribution in [3.05, 3.63) is 0 Å². The zero-order chi connectivity index (χ0) is 19.6. The molecule has 6 heteroatoms. The smallest absolute Gasteiger partial charge is 0.379 e. The minimum Gasteiger partial charge on any atom is -0.379 e. The lowest BCUT2D eigenvalue weighted by Crippen LogP contribution is -2.58. The molecule has 0 spiro atoms. The van der Waals surface area contributed by atoms with Crippen molar-refractivity contribution >= 4 is 8.80 Å². The van der Waals surface area contributed by atoms with E-state index in [9.17, 15) is 0 Å². The van der Waals surface area contributed by atoms with E-state index in [1.165, 1.54) is 44.9 Å². The van der Waals surface area contributed by atoms with Gasteiger partial charge in [0, 0.05) is 25.4 Å². The Morgan fingerprint density at radius 3 is 2.22 bits per heavy atom. The van der Waals surface area contributed by atoms with Gasteiger partial charge >= 0.3 is 8.80 Å². The van der Waals surface area contributed by atoms with Crippen molar-refractivity contribution < 1.29 is 22.8 Å². The molecule has 0 N–H and O–H groups in total. The Hall–Kier alpha value is 0.0169. The van der Waals surface area contributed by atoms with E-state index in [0.29, 0.717) is 12.7 Å². The summed E-state index contributed by atoms with van der Waals surface area (Å²) in [4.78, 5) is 0. The molecule has 5 nitrogen and oxygen atoms in total. The average Bonchev–Trinajstić information content (AvgIpc) is 3.38. The molecule has 160 valence electrons. The van der Waals surface area contributed by atoms with Gasteiger partial charge in [-0.25, -0.2) is 0 Å². The van der Waals surface area contributed by atoms with E-state index in [-0.39, 0.29) is 11.7 Å². The Morgan fingerprint density at radius 2 is 1.63 bits per heavy atom. The van der Waals surface area contributed by atoms with Crippen LogP contribution in [0.2, 0.25) is 6.04 Å². The summed E-state index contributed by atoms with van der Waals surface area (Å²) in [6, 6.07) is 0.955. The highest BCUT2D eigenvalue weighted by molar-refractivity contribution is 6.61. The first-order valence-electron chi connectivity index (χ1n) is 11.2. The highest BCUT2D eigenvalue weighted by Gasteiger charge is 2.50. The maximum absolute atomic E-state index is 6.36. The first kappa shape index (κ1) is 23.3. The van der Waals surface area contributed by atoms with Crippen LogP contribution in [0.25, 0.3) is 0 Å². The van der Waals surface area contributed by atoms with Crippen molar-refractivity contribution in [2.75, 3.05) is 26.4 Å². The lowest BCUT2D eigenvalue weighted by atomic mass is 10.0. The van der Waals surface area contributed by atoms with Gasteiger partial charge in [0.15, 0.2) is 0 Å². The molecule has 0 radical (unpaired) electrons. The van der Waals surface area contributed by atoms with Crippen LogP contribution in [-0.2, 0) is 22.8 Å². The van der Waals surface area contributed by atoms with Crippen molar-refractivity contribution in [1.82, 2.24) is 0 Å². The molecular formula is C21H42O5Si. The third-order valence-electron chi connectivity index (χ3n) is 5.18. The summed E-state index contributed by atoms with van der Waals surface area (Å²) in [6.45, 7) is 11.8. The van der Waals surface area contributed by atoms with Gasteiger partial charge in [-0.1, -0.05) is 38.5 Å². The molecule has 0 aliphatic carbocycles. The fourth-order valence-corrected chi connectivity index (χ4v) is 7.26. The second kappa shape index (κ2) is 11.9. The number of hydrogen-bond donors (Lipinski definition) is 0. The normalized spacial score (nSPS) is 29.8. The highest BCUT2D eigenvalue weighted by atomic mass is 28.4. The Kier molecular flexibility index (Phi) is 10.3. The maximum atomic E-state index is 6.36. The van der Waals surface area contributed by atoms with Gasteiger partial charge < -0.3 is 22.8 Å². The molecule has 3 unspecified atom stereocenters. The summed E-state index contributed by atoms with van der Waals surface area (Å²) in [5.74, 6) is 0. The van der Waals surface area contributed by atoms with E-state index < -0.39 is 8.80 Å². The zero-order valence-electron chi connectivity index (χ0n) is 18.1. The number of epoxide rings is 1. The molecule has 2 aliphatic heterocycles. The van der Waals surface area contributed by atoms with Gasteiger partial charge in [0.05, 0.1) is 18.8 Å². The molecule has 0 aromatic heterocycles. The van der Waals surface area contributed by atoms with E-state index >= 15 is 0 Å². The first-order chi connectivity index (χ1) is 12.9. The number of unbranched alkanes of at least 4 members (excludes halogenated alkanes) is 7. The second-order valence-corrected chi connectivity index (χ2v) is 11.3. The molecule has 2 aliphatic rings. The molecular weight excluding hydrogens is 360 g/mol. The molecule has 2 saturated heterocycles. The summed E-state index contributed by atoms with van der Waals surface area (Å²) in [5, 5.41) is 0. The SMILES string of the molecule is CCO[Si]1(CCCCCCCCCCOCC2CO2)OC(C)CC(C)(C)O1. The molecule has 0 saturated carbocycles. The Morgan fingerprint density at radius 1 is 1.00 bits per heavy atom. The van der Waals surface area contributed by atoms with Crippen LogP contribution in [0.15, 0.2) is 0 Å². The van der Waals surface area contributed by atoms with Gasteiger partial charge in [-0.15, -0.1) is 0 Å². The number of ether oxygens (including phenoxy) is 2. The fraction of sp³-hybridized carbons (Fsp3) is 1.00. The topological polar surface area (TPSA) is 49.5 Å². The van der Waals surface area contributed by atoms with Crippen LogP contribution in [0.4, 0.5) is 0 Å². The van der Waals surface area contributed by atoms with Crippen LogP contribution in [0.1, 0.15) is 85.5 Å². The Balaban J connectivity index is 1.47. The molecule has 0 amide bonds. The van der Waals surface area contributed by atoms with Gasteiger partial charge in [0.25, 0.3) is 0 Å². The third-order valence-corrected chi connectivity index (χ3v) is 8.50. The van der Waals surface area contributed by atoms with E-state index in [1.807, 2.05) is 6.92 Å². The van der Waals surface area contributed by atoms with Crippen LogP contribution < -0.4 is 0 Å². The predicted octanol–water partition coefficient (Wildman–Crippen LogP) is 5.10. The van der Waals surface area contributed by atoms with E-state index in [1.54, 1.807) is 0 Å². The van der Waals surface area contributed by atoms with Crippen molar-refractivity contribution in [2.45, 2.75) is 109 Å². The molecule has 0 aromatic carbocycles. The lowest BCUT2D eigenvalue weighted by molar-refractivity contribution is -0.0898. The van der Waals surface area contributed by atoms with Crippen LogP contribution in [0.3, 0.4) is 0 Å². The van der Waals surface area contributed by atoms with Gasteiger partial charge in [-0.05, 0) is 47.0 Å². The lowest BCUT2D eigenvalue weighted by Gasteiger charge is -2.45. The molecule has 3 atom stereocenters. The molecule has 2 rings (SSSR count). The second-order valence-electron chi connectivity index (χ2n) is 8.72. The Labute approximate surface area is 167 Å². The summed E-state index contributed by atoms with van der Waals surface area (Å²) in [5.41, 5.74) is -0.131. The van der Waals surface area contributed by atoms with Crippen LogP contribution in [0, 0.1) is 0 Å². The van der Waals surface area contributed by atoms with Crippen molar-refractivity contribution in [3.63, 3.8) is 0 Å². The largest absolute Gasteiger partial charge is 0.501 e. The highest BCUT2D eigenvalue weighted by Crippen LogP contribution is 2.35.